The van der Waals surface area contributed by atoms with E-state index in [-0.39, 0.29) is 12.1 Å². The molecule has 1 heterocycles. The van der Waals surface area contributed by atoms with Crippen molar-refractivity contribution in [3.8, 4) is 0 Å². The zero-order valence-electron chi connectivity index (χ0n) is 14.0. The first-order chi connectivity index (χ1) is 10.1. The van der Waals surface area contributed by atoms with Crippen molar-refractivity contribution in [3.05, 3.63) is 12.7 Å². The molecule has 0 fully saturated rings. The highest BCUT2D eigenvalue weighted by atomic mass is 16.5. The minimum Gasteiger partial charge on any atom is -0.483 e. The molecule has 0 aliphatic carbocycles. The van der Waals surface area contributed by atoms with Gasteiger partial charge in [0.05, 0.1) is 14.2 Å². The third kappa shape index (κ3) is 5.52. The lowest BCUT2D eigenvalue weighted by molar-refractivity contribution is 0.329. The van der Waals surface area contributed by atoms with Crippen molar-refractivity contribution in [3.63, 3.8) is 0 Å². The molecule has 0 unspecified atom stereocenters. The van der Waals surface area contributed by atoms with Crippen LogP contribution in [0.15, 0.2) is 22.6 Å². The molecule has 4 nitrogen and oxygen atoms in total. The van der Waals surface area contributed by atoms with Gasteiger partial charge in [-0.3, -0.25) is 0 Å². The molecule has 0 bridgehead atoms. The van der Waals surface area contributed by atoms with Gasteiger partial charge in [-0.25, -0.2) is 9.98 Å². The monoisotopic (exact) mass is 294 g/mol. The summed E-state index contributed by atoms with van der Waals surface area (Å²) in [5, 5.41) is 0. The van der Waals surface area contributed by atoms with Crippen LogP contribution < -0.4 is 0 Å². The van der Waals surface area contributed by atoms with Crippen LogP contribution >= 0.6 is 0 Å². The van der Waals surface area contributed by atoms with Crippen molar-refractivity contribution in [2.75, 3.05) is 14.2 Å². The summed E-state index contributed by atoms with van der Waals surface area (Å²) < 4.78 is 10.9. The van der Waals surface area contributed by atoms with Crippen molar-refractivity contribution in [1.29, 1.82) is 0 Å². The summed E-state index contributed by atoms with van der Waals surface area (Å²) in [7, 11) is 3.36. The molecule has 2 atom stereocenters. The quantitative estimate of drug-likeness (QED) is 0.501. The van der Waals surface area contributed by atoms with E-state index in [2.05, 4.69) is 25.4 Å². The predicted molar refractivity (Wildman–Crippen MR) is 89.2 cm³/mol. The van der Waals surface area contributed by atoms with Crippen LogP contribution in [0.3, 0.4) is 0 Å². The third-order valence-electron chi connectivity index (χ3n) is 3.77. The molecule has 0 N–H and O–H groups in total. The molecule has 0 radical (unpaired) electrons. The van der Waals surface area contributed by atoms with E-state index in [4.69, 9.17) is 14.5 Å². The van der Waals surface area contributed by atoms with Crippen LogP contribution in [0.4, 0.5) is 0 Å². The first-order valence-corrected chi connectivity index (χ1v) is 7.98. The number of ether oxygens (including phenoxy) is 2. The van der Waals surface area contributed by atoms with E-state index in [0.29, 0.717) is 5.92 Å². The lowest BCUT2D eigenvalue weighted by Crippen LogP contribution is -2.37. The Bertz CT molecular complexity index is 375. The van der Waals surface area contributed by atoms with Gasteiger partial charge in [0, 0.05) is 0 Å². The standard InChI is InChI=1S/C17H30N2O2/c1-6-7-8-9-10-11-12-14-16(20-4)19-15(13(2)3)17(18-14)21-5/h6,13-15H,1,7-12H2,2-5H3/t14-,15+/m1/s1. The second-order valence-electron chi connectivity index (χ2n) is 5.83. The van der Waals surface area contributed by atoms with E-state index in [1.54, 1.807) is 14.2 Å². The largest absolute Gasteiger partial charge is 0.483 e. The lowest BCUT2D eigenvalue weighted by Gasteiger charge is -2.27. The van der Waals surface area contributed by atoms with Crippen molar-refractivity contribution in [2.45, 2.75) is 64.5 Å². The maximum atomic E-state index is 5.45. The highest BCUT2D eigenvalue weighted by Crippen LogP contribution is 2.20. The van der Waals surface area contributed by atoms with Crippen molar-refractivity contribution in [2.24, 2.45) is 15.9 Å². The number of rotatable bonds is 8. The van der Waals surface area contributed by atoms with Crippen LogP contribution in [0.25, 0.3) is 0 Å². The first-order valence-electron chi connectivity index (χ1n) is 7.98. The molecule has 0 saturated carbocycles. The van der Waals surface area contributed by atoms with E-state index >= 15 is 0 Å². The Kier molecular flexibility index (Phi) is 8.09. The zero-order chi connectivity index (χ0) is 15.7. The van der Waals surface area contributed by atoms with E-state index in [0.717, 1.165) is 31.1 Å². The number of unbranched alkanes of at least 4 members (excludes halogenated alkanes) is 4. The van der Waals surface area contributed by atoms with E-state index in [1.807, 2.05) is 6.08 Å². The van der Waals surface area contributed by atoms with Gasteiger partial charge in [0.15, 0.2) is 0 Å². The summed E-state index contributed by atoms with van der Waals surface area (Å²) in [6, 6.07) is -0.00635. The normalized spacial score (nSPS) is 21.8. The SMILES string of the molecule is C=CCCCCCC[C@H]1N=C(OC)[C@H](C(C)C)N=C1OC. The molecule has 1 aliphatic rings. The highest BCUT2D eigenvalue weighted by molar-refractivity contribution is 5.94. The number of nitrogens with zero attached hydrogens (tertiary/aromatic N) is 2. The fourth-order valence-electron chi connectivity index (χ4n) is 2.53. The molecule has 0 spiro atoms. The van der Waals surface area contributed by atoms with Crippen molar-refractivity contribution >= 4 is 11.8 Å². The maximum absolute atomic E-state index is 5.45. The van der Waals surface area contributed by atoms with Gasteiger partial charge in [0.25, 0.3) is 0 Å². The molecule has 0 aromatic rings. The van der Waals surface area contributed by atoms with Gasteiger partial charge in [-0.05, 0) is 25.2 Å². The van der Waals surface area contributed by atoms with E-state index in [9.17, 15) is 0 Å². The van der Waals surface area contributed by atoms with Crippen molar-refractivity contribution < 1.29 is 9.47 Å². The minimum absolute atomic E-state index is 0.0133. The lowest BCUT2D eigenvalue weighted by atomic mass is 10.0. The topological polar surface area (TPSA) is 43.2 Å². The third-order valence-corrected chi connectivity index (χ3v) is 3.77. The van der Waals surface area contributed by atoms with Crippen LogP contribution in [-0.4, -0.2) is 38.1 Å². The van der Waals surface area contributed by atoms with Crippen molar-refractivity contribution in [1.82, 2.24) is 0 Å². The molecule has 0 saturated heterocycles. The number of hydrogen-bond acceptors (Lipinski definition) is 4. The van der Waals surface area contributed by atoms with Gasteiger partial charge in [-0.2, -0.15) is 0 Å². The summed E-state index contributed by atoms with van der Waals surface area (Å²) in [6.45, 7) is 7.99. The Morgan fingerprint density at radius 1 is 1.05 bits per heavy atom. The average molecular weight is 294 g/mol. The smallest absolute Gasteiger partial charge is 0.209 e. The summed E-state index contributed by atoms with van der Waals surface area (Å²) >= 11 is 0. The number of allylic oxidation sites excluding steroid dienone is 1. The molecule has 21 heavy (non-hydrogen) atoms. The van der Waals surface area contributed by atoms with E-state index in [1.165, 1.54) is 19.3 Å². The summed E-state index contributed by atoms with van der Waals surface area (Å²) in [5.74, 6) is 1.84. The second-order valence-corrected chi connectivity index (χ2v) is 5.83. The number of hydrogen-bond donors (Lipinski definition) is 0. The molecular weight excluding hydrogens is 264 g/mol. The zero-order valence-corrected chi connectivity index (χ0v) is 14.0. The van der Waals surface area contributed by atoms with Crippen LogP contribution in [-0.2, 0) is 9.47 Å². The Morgan fingerprint density at radius 2 is 1.71 bits per heavy atom. The van der Waals surface area contributed by atoms with E-state index < -0.39 is 0 Å². The predicted octanol–water partition coefficient (Wildman–Crippen LogP) is 4.01. The fourth-order valence-corrected chi connectivity index (χ4v) is 2.53. The molecule has 0 aromatic heterocycles. The second kappa shape index (κ2) is 9.59. The summed E-state index contributed by atoms with van der Waals surface area (Å²) in [4.78, 5) is 9.40. The summed E-state index contributed by atoms with van der Waals surface area (Å²) in [6.07, 6.45) is 8.88. The highest BCUT2D eigenvalue weighted by Gasteiger charge is 2.30. The Balaban J connectivity index is 2.54. The van der Waals surface area contributed by atoms with Gasteiger partial charge in [-0.15, -0.1) is 6.58 Å². The van der Waals surface area contributed by atoms with Gasteiger partial charge in [0.1, 0.15) is 12.1 Å². The van der Waals surface area contributed by atoms with Crippen LogP contribution in [0.5, 0.6) is 0 Å². The molecule has 120 valence electrons. The molecule has 1 aliphatic heterocycles. The Hall–Kier alpha value is -1.32. The fraction of sp³-hybridized carbons (Fsp3) is 0.765. The molecular formula is C17H30N2O2. The Morgan fingerprint density at radius 3 is 2.29 bits per heavy atom. The van der Waals surface area contributed by atoms with Crippen LogP contribution in [0.1, 0.15) is 52.4 Å². The summed E-state index contributed by atoms with van der Waals surface area (Å²) in [5.41, 5.74) is 0. The average Bonchev–Trinajstić information content (AvgIpc) is 2.49. The van der Waals surface area contributed by atoms with Crippen LogP contribution in [0.2, 0.25) is 0 Å². The van der Waals surface area contributed by atoms with Gasteiger partial charge >= 0.3 is 0 Å². The number of aliphatic imine (C=N–C) groups is 2. The maximum Gasteiger partial charge on any atom is 0.209 e. The first kappa shape index (κ1) is 17.7. The number of methoxy groups -OCH3 is 2. The van der Waals surface area contributed by atoms with Gasteiger partial charge in [-0.1, -0.05) is 39.2 Å². The van der Waals surface area contributed by atoms with Gasteiger partial charge in [0.2, 0.25) is 11.8 Å². The minimum atomic E-state index is -0.0196. The molecule has 0 amide bonds. The molecule has 1 rings (SSSR count). The molecule has 4 heteroatoms. The Labute approximate surface area is 129 Å². The van der Waals surface area contributed by atoms with Crippen LogP contribution in [0, 0.1) is 5.92 Å². The molecule has 0 aromatic carbocycles. The van der Waals surface area contributed by atoms with Gasteiger partial charge < -0.3 is 9.47 Å².